The molecule has 0 aromatic rings. The number of allylic oxidation sites excluding steroid dienone is 3. The van der Waals surface area contributed by atoms with Gasteiger partial charge < -0.3 is 14.4 Å². The van der Waals surface area contributed by atoms with Crippen molar-refractivity contribution in [3.63, 3.8) is 0 Å². The van der Waals surface area contributed by atoms with Crippen molar-refractivity contribution in [3.8, 4) is 6.07 Å². The topological polar surface area (TPSA) is 79.6 Å². The summed E-state index contributed by atoms with van der Waals surface area (Å²) in [4.78, 5) is 24.6. The van der Waals surface area contributed by atoms with Crippen molar-refractivity contribution in [1.29, 1.82) is 5.26 Å². The molecule has 0 bridgehead atoms. The highest BCUT2D eigenvalue weighted by Gasteiger charge is 2.26. The maximum absolute atomic E-state index is 11.6. The van der Waals surface area contributed by atoms with Crippen molar-refractivity contribution < 1.29 is 19.1 Å². The van der Waals surface area contributed by atoms with Gasteiger partial charge in [-0.15, -0.1) is 0 Å². The molecule has 0 aliphatic carbocycles. The van der Waals surface area contributed by atoms with Crippen LogP contribution in [0.25, 0.3) is 0 Å². The van der Waals surface area contributed by atoms with Crippen molar-refractivity contribution in [1.82, 2.24) is 4.90 Å². The quantitative estimate of drug-likeness (QED) is 0.306. The maximum atomic E-state index is 11.6. The zero-order valence-electron chi connectivity index (χ0n) is 10.3. The Kier molecular flexibility index (Phi) is 4.27. The molecule has 0 amide bonds. The second-order valence-corrected chi connectivity index (χ2v) is 3.38. The van der Waals surface area contributed by atoms with Crippen molar-refractivity contribution in [2.45, 2.75) is 0 Å². The monoisotopic (exact) mass is 248 g/mol. The molecule has 6 heteroatoms. The second-order valence-electron chi connectivity index (χ2n) is 3.38. The van der Waals surface area contributed by atoms with Gasteiger partial charge in [-0.05, 0) is 12.2 Å². The molecule has 1 rings (SSSR count). The summed E-state index contributed by atoms with van der Waals surface area (Å²) in [5.41, 5.74) is 0.509. The molecule has 6 nitrogen and oxygen atoms in total. The minimum Gasteiger partial charge on any atom is -0.465 e. The van der Waals surface area contributed by atoms with Gasteiger partial charge in [0.25, 0.3) is 0 Å². The van der Waals surface area contributed by atoms with E-state index < -0.39 is 11.9 Å². The first-order chi connectivity index (χ1) is 8.54. The van der Waals surface area contributed by atoms with Gasteiger partial charge in [0, 0.05) is 13.2 Å². The number of nitriles is 1. The fourth-order valence-electron chi connectivity index (χ4n) is 1.43. The minimum atomic E-state index is -0.790. The van der Waals surface area contributed by atoms with Crippen LogP contribution < -0.4 is 0 Å². The Morgan fingerprint density at radius 1 is 1.22 bits per heavy atom. The van der Waals surface area contributed by atoms with Gasteiger partial charge in [-0.2, -0.15) is 5.26 Å². The zero-order chi connectivity index (χ0) is 13.7. The first-order valence-corrected chi connectivity index (χ1v) is 4.98. The van der Waals surface area contributed by atoms with Crippen LogP contribution in [-0.2, 0) is 19.1 Å². The van der Waals surface area contributed by atoms with Crippen molar-refractivity contribution in [3.05, 3.63) is 35.2 Å². The number of nitrogens with zero attached hydrogens (tertiary/aromatic N) is 2. The van der Waals surface area contributed by atoms with Crippen molar-refractivity contribution in [2.24, 2.45) is 0 Å². The van der Waals surface area contributed by atoms with Gasteiger partial charge in [0.15, 0.2) is 5.57 Å². The third-order valence-corrected chi connectivity index (χ3v) is 2.30. The molecule has 1 aliphatic rings. The Balaban J connectivity index is 3.28. The molecule has 0 N–H and O–H groups in total. The third-order valence-electron chi connectivity index (χ3n) is 2.30. The highest BCUT2D eigenvalue weighted by atomic mass is 16.5. The molecule has 0 aromatic carbocycles. The molecule has 0 saturated heterocycles. The van der Waals surface area contributed by atoms with E-state index in [1.807, 2.05) is 6.07 Å². The summed E-state index contributed by atoms with van der Waals surface area (Å²) in [6.45, 7) is 0. The first kappa shape index (κ1) is 13.5. The SMILES string of the molecule is COC(=O)C(C(=O)OC)=C1C=CC(C#N)=CN1C. The second kappa shape index (κ2) is 5.68. The molecule has 1 heterocycles. The van der Waals surface area contributed by atoms with Gasteiger partial charge in [-0.1, -0.05) is 0 Å². The van der Waals surface area contributed by atoms with E-state index in [0.29, 0.717) is 11.3 Å². The summed E-state index contributed by atoms with van der Waals surface area (Å²) in [5, 5.41) is 8.75. The molecule has 0 saturated carbocycles. The number of carbonyl (C=O) groups is 2. The Bertz CT molecular complexity index is 491. The van der Waals surface area contributed by atoms with Crippen LogP contribution in [0.15, 0.2) is 35.2 Å². The molecular formula is C12H12N2O4. The van der Waals surface area contributed by atoms with Gasteiger partial charge in [-0.3, -0.25) is 0 Å². The van der Waals surface area contributed by atoms with E-state index in [9.17, 15) is 9.59 Å². The Hall–Kier alpha value is -2.55. The van der Waals surface area contributed by atoms with E-state index in [1.54, 1.807) is 7.05 Å². The van der Waals surface area contributed by atoms with Gasteiger partial charge in [0.2, 0.25) is 0 Å². The average molecular weight is 248 g/mol. The summed E-state index contributed by atoms with van der Waals surface area (Å²) in [5.74, 6) is -1.58. The molecule has 0 aromatic heterocycles. The molecule has 0 atom stereocenters. The van der Waals surface area contributed by atoms with Crippen LogP contribution in [0.4, 0.5) is 0 Å². The molecule has 0 unspecified atom stereocenters. The predicted molar refractivity (Wildman–Crippen MR) is 61.7 cm³/mol. The standard InChI is InChI=1S/C12H12N2O4/c1-14-7-8(6-13)4-5-9(14)10(11(15)17-2)12(16)18-3/h4-5,7H,1-3H3. The van der Waals surface area contributed by atoms with Gasteiger partial charge in [-0.25, -0.2) is 9.59 Å². The maximum Gasteiger partial charge on any atom is 0.347 e. The van der Waals surface area contributed by atoms with Crippen molar-refractivity contribution >= 4 is 11.9 Å². The lowest BCUT2D eigenvalue weighted by Gasteiger charge is -2.21. The molecule has 94 valence electrons. The van der Waals surface area contributed by atoms with Crippen LogP contribution in [0.2, 0.25) is 0 Å². The number of ether oxygens (including phenoxy) is 2. The number of esters is 2. The van der Waals surface area contributed by atoms with Crippen LogP contribution in [0.1, 0.15) is 0 Å². The summed E-state index contributed by atoms with van der Waals surface area (Å²) < 4.78 is 9.09. The molecule has 0 spiro atoms. The summed E-state index contributed by atoms with van der Waals surface area (Å²) in [6.07, 6.45) is 4.49. The lowest BCUT2D eigenvalue weighted by atomic mass is 10.1. The summed E-state index contributed by atoms with van der Waals surface area (Å²) in [6, 6.07) is 1.96. The fourth-order valence-corrected chi connectivity index (χ4v) is 1.43. The highest BCUT2D eigenvalue weighted by molar-refractivity contribution is 6.15. The largest absolute Gasteiger partial charge is 0.465 e. The smallest absolute Gasteiger partial charge is 0.347 e. The first-order valence-electron chi connectivity index (χ1n) is 4.98. The third kappa shape index (κ3) is 2.58. The van der Waals surface area contributed by atoms with Crippen LogP contribution in [0, 0.1) is 11.3 Å². The molecule has 0 radical (unpaired) electrons. The summed E-state index contributed by atoms with van der Waals surface area (Å²) in [7, 11) is 3.96. The number of methoxy groups -OCH3 is 2. The zero-order valence-corrected chi connectivity index (χ0v) is 10.3. The highest BCUT2D eigenvalue weighted by Crippen LogP contribution is 2.20. The van der Waals surface area contributed by atoms with Gasteiger partial charge >= 0.3 is 11.9 Å². The molecule has 1 aliphatic heterocycles. The minimum absolute atomic E-state index is 0.216. The van der Waals surface area contributed by atoms with E-state index in [0.717, 1.165) is 0 Å². The van der Waals surface area contributed by atoms with Crippen LogP contribution >= 0.6 is 0 Å². The lowest BCUT2D eigenvalue weighted by molar-refractivity contribution is -0.144. The predicted octanol–water partition coefficient (Wildman–Crippen LogP) is 0.496. The van der Waals surface area contributed by atoms with Gasteiger partial charge in [0.05, 0.1) is 25.5 Å². The van der Waals surface area contributed by atoms with E-state index in [2.05, 4.69) is 9.47 Å². The van der Waals surface area contributed by atoms with Crippen LogP contribution in [-0.4, -0.2) is 38.1 Å². The van der Waals surface area contributed by atoms with E-state index in [1.165, 1.54) is 37.5 Å². The average Bonchev–Trinajstić information content (AvgIpc) is 2.39. The van der Waals surface area contributed by atoms with Gasteiger partial charge in [0.1, 0.15) is 6.07 Å². The number of rotatable bonds is 2. The van der Waals surface area contributed by atoms with Crippen LogP contribution in [0.3, 0.4) is 0 Å². The number of likely N-dealkylation sites (N-methyl/N-ethyl adjacent to an activating group) is 1. The molecular weight excluding hydrogens is 236 g/mol. The molecule has 0 fully saturated rings. The van der Waals surface area contributed by atoms with E-state index in [4.69, 9.17) is 5.26 Å². The van der Waals surface area contributed by atoms with Crippen molar-refractivity contribution in [2.75, 3.05) is 21.3 Å². The fraction of sp³-hybridized carbons (Fsp3) is 0.250. The number of hydrogen-bond acceptors (Lipinski definition) is 6. The summed E-state index contributed by atoms with van der Waals surface area (Å²) >= 11 is 0. The van der Waals surface area contributed by atoms with E-state index >= 15 is 0 Å². The lowest BCUT2D eigenvalue weighted by Crippen LogP contribution is -2.24. The Morgan fingerprint density at radius 3 is 2.17 bits per heavy atom. The molecule has 18 heavy (non-hydrogen) atoms. The number of hydrogen-bond donors (Lipinski definition) is 0. The van der Waals surface area contributed by atoms with E-state index in [-0.39, 0.29) is 5.57 Å². The Labute approximate surface area is 104 Å². The number of carbonyl (C=O) groups excluding carboxylic acids is 2. The normalized spacial score (nSPS) is 13.6. The van der Waals surface area contributed by atoms with Crippen LogP contribution in [0.5, 0.6) is 0 Å². The Morgan fingerprint density at radius 2 is 1.78 bits per heavy atom.